The molecule has 0 unspecified atom stereocenters. The minimum Gasteiger partial charge on any atom is -0.336 e. The highest BCUT2D eigenvalue weighted by molar-refractivity contribution is 6.06. The zero-order chi connectivity index (χ0) is 11.3. The molecule has 3 rings (SSSR count). The van der Waals surface area contributed by atoms with Crippen LogP contribution in [0.2, 0.25) is 0 Å². The van der Waals surface area contributed by atoms with E-state index in [9.17, 15) is 4.79 Å². The predicted molar refractivity (Wildman–Crippen MR) is 58.5 cm³/mol. The molecule has 0 aliphatic heterocycles. The van der Waals surface area contributed by atoms with Gasteiger partial charge in [0.15, 0.2) is 5.78 Å². The quantitative estimate of drug-likeness (QED) is 0.724. The highest BCUT2D eigenvalue weighted by Gasteiger charge is 2.27. The van der Waals surface area contributed by atoms with E-state index < -0.39 is 0 Å². The smallest absolute Gasteiger partial charge is 0.258 e. The van der Waals surface area contributed by atoms with Gasteiger partial charge in [0.1, 0.15) is 0 Å². The molecule has 4 nitrogen and oxygen atoms in total. The summed E-state index contributed by atoms with van der Waals surface area (Å²) < 4.78 is 5.14. The van der Waals surface area contributed by atoms with Crippen molar-refractivity contribution in [3.8, 4) is 0 Å². The average Bonchev–Trinajstić information content (AvgIpc) is 3.03. The molecule has 82 valence electrons. The first-order valence-electron chi connectivity index (χ1n) is 5.44. The standard InChI is InChI=1S/C12H12N2O2/c1-6-11-9(7(2)15)5-10(8-3-4-8)13-12(11)16-14-6/h5,8H,3-4H2,1-2H3. The summed E-state index contributed by atoms with van der Waals surface area (Å²) in [6.07, 6.45) is 2.31. The van der Waals surface area contributed by atoms with E-state index in [0.29, 0.717) is 17.2 Å². The molecule has 0 N–H and O–H groups in total. The molecule has 0 saturated heterocycles. The second-order valence-corrected chi connectivity index (χ2v) is 4.37. The SMILES string of the molecule is CC(=O)c1cc(C2CC2)nc2onc(C)c12. The van der Waals surface area contributed by atoms with Gasteiger partial charge in [-0.2, -0.15) is 0 Å². The molecule has 0 atom stereocenters. The number of hydrogen-bond donors (Lipinski definition) is 0. The maximum Gasteiger partial charge on any atom is 0.258 e. The van der Waals surface area contributed by atoms with Crippen LogP contribution < -0.4 is 0 Å². The Balaban J connectivity index is 2.32. The van der Waals surface area contributed by atoms with Crippen molar-refractivity contribution < 1.29 is 9.32 Å². The summed E-state index contributed by atoms with van der Waals surface area (Å²) in [6.45, 7) is 3.40. The molecule has 16 heavy (non-hydrogen) atoms. The van der Waals surface area contributed by atoms with Crippen LogP contribution >= 0.6 is 0 Å². The lowest BCUT2D eigenvalue weighted by atomic mass is 10.1. The van der Waals surface area contributed by atoms with Gasteiger partial charge in [-0.3, -0.25) is 4.79 Å². The van der Waals surface area contributed by atoms with Crippen molar-refractivity contribution in [2.45, 2.75) is 32.6 Å². The maximum absolute atomic E-state index is 11.6. The normalized spacial score (nSPS) is 15.6. The number of aromatic nitrogens is 2. The Kier molecular flexibility index (Phi) is 1.87. The van der Waals surface area contributed by atoms with E-state index in [1.165, 1.54) is 0 Å². The van der Waals surface area contributed by atoms with Crippen LogP contribution in [0.1, 0.15) is 47.4 Å². The van der Waals surface area contributed by atoms with E-state index >= 15 is 0 Å². The number of aryl methyl sites for hydroxylation is 1. The van der Waals surface area contributed by atoms with Gasteiger partial charge in [-0.05, 0) is 32.8 Å². The Morgan fingerprint density at radius 2 is 2.25 bits per heavy atom. The topological polar surface area (TPSA) is 56.0 Å². The number of fused-ring (bicyclic) bond motifs is 1. The number of pyridine rings is 1. The van der Waals surface area contributed by atoms with E-state index in [-0.39, 0.29) is 5.78 Å². The second kappa shape index (κ2) is 3.14. The second-order valence-electron chi connectivity index (χ2n) is 4.37. The molecule has 0 amide bonds. The van der Waals surface area contributed by atoms with Crippen LogP contribution in [0.4, 0.5) is 0 Å². The number of carbonyl (C=O) groups excluding carboxylic acids is 1. The van der Waals surface area contributed by atoms with Gasteiger partial charge in [-0.25, -0.2) is 4.98 Å². The largest absolute Gasteiger partial charge is 0.336 e. The molecule has 1 fully saturated rings. The third kappa shape index (κ3) is 1.33. The highest BCUT2D eigenvalue weighted by Crippen LogP contribution is 2.40. The lowest BCUT2D eigenvalue weighted by molar-refractivity contribution is 0.101. The van der Waals surface area contributed by atoms with Crippen molar-refractivity contribution in [1.29, 1.82) is 0 Å². The summed E-state index contributed by atoms with van der Waals surface area (Å²) in [4.78, 5) is 16.0. The van der Waals surface area contributed by atoms with E-state index in [1.54, 1.807) is 6.92 Å². The van der Waals surface area contributed by atoms with Crippen LogP contribution in [0.5, 0.6) is 0 Å². The number of rotatable bonds is 2. The van der Waals surface area contributed by atoms with Crippen molar-refractivity contribution in [1.82, 2.24) is 10.1 Å². The molecular formula is C12H12N2O2. The summed E-state index contributed by atoms with van der Waals surface area (Å²) in [6, 6.07) is 1.90. The van der Waals surface area contributed by atoms with Gasteiger partial charge in [0.05, 0.1) is 11.1 Å². The molecule has 2 aromatic heterocycles. The molecule has 1 aliphatic rings. The zero-order valence-corrected chi connectivity index (χ0v) is 9.28. The molecule has 2 heterocycles. The Hall–Kier alpha value is -1.71. The van der Waals surface area contributed by atoms with Crippen molar-refractivity contribution in [2.24, 2.45) is 0 Å². The maximum atomic E-state index is 11.6. The Labute approximate surface area is 92.6 Å². The fourth-order valence-corrected chi connectivity index (χ4v) is 1.98. The minimum absolute atomic E-state index is 0.0422. The fourth-order valence-electron chi connectivity index (χ4n) is 1.98. The van der Waals surface area contributed by atoms with Gasteiger partial charge in [-0.1, -0.05) is 5.16 Å². The van der Waals surface area contributed by atoms with Gasteiger partial charge in [0.2, 0.25) is 0 Å². The molecule has 1 aliphatic carbocycles. The van der Waals surface area contributed by atoms with Crippen LogP contribution in [0.25, 0.3) is 11.1 Å². The molecule has 0 radical (unpaired) electrons. The van der Waals surface area contributed by atoms with Crippen molar-refractivity contribution in [3.63, 3.8) is 0 Å². The van der Waals surface area contributed by atoms with Gasteiger partial charge in [0, 0.05) is 17.2 Å². The van der Waals surface area contributed by atoms with Crippen LogP contribution in [0, 0.1) is 6.92 Å². The number of ketones is 1. The summed E-state index contributed by atoms with van der Waals surface area (Å²) in [7, 11) is 0. The lowest BCUT2D eigenvalue weighted by Gasteiger charge is -2.01. The third-order valence-electron chi connectivity index (χ3n) is 3.01. The van der Waals surface area contributed by atoms with E-state index in [2.05, 4.69) is 10.1 Å². The average molecular weight is 216 g/mol. The summed E-state index contributed by atoms with van der Waals surface area (Å²) >= 11 is 0. The van der Waals surface area contributed by atoms with Crippen LogP contribution in [0.3, 0.4) is 0 Å². The van der Waals surface area contributed by atoms with Crippen LogP contribution in [0.15, 0.2) is 10.6 Å². The Morgan fingerprint density at radius 3 is 2.88 bits per heavy atom. The van der Waals surface area contributed by atoms with Gasteiger partial charge in [-0.15, -0.1) is 0 Å². The monoisotopic (exact) mass is 216 g/mol. The van der Waals surface area contributed by atoms with E-state index in [1.807, 2.05) is 13.0 Å². The van der Waals surface area contributed by atoms with Gasteiger partial charge < -0.3 is 4.52 Å². The zero-order valence-electron chi connectivity index (χ0n) is 9.28. The molecule has 2 aromatic rings. The van der Waals surface area contributed by atoms with Crippen LogP contribution in [-0.4, -0.2) is 15.9 Å². The van der Waals surface area contributed by atoms with Gasteiger partial charge in [0.25, 0.3) is 5.71 Å². The van der Waals surface area contributed by atoms with Crippen molar-refractivity contribution in [3.05, 3.63) is 23.0 Å². The minimum atomic E-state index is 0.0422. The van der Waals surface area contributed by atoms with Crippen LogP contribution in [-0.2, 0) is 0 Å². The third-order valence-corrected chi connectivity index (χ3v) is 3.01. The molecule has 4 heteroatoms. The molecule has 0 spiro atoms. The fraction of sp³-hybridized carbons (Fsp3) is 0.417. The molecular weight excluding hydrogens is 204 g/mol. The number of nitrogens with zero attached hydrogens (tertiary/aromatic N) is 2. The Morgan fingerprint density at radius 1 is 1.50 bits per heavy atom. The summed E-state index contributed by atoms with van der Waals surface area (Å²) in [5.74, 6) is 0.550. The van der Waals surface area contributed by atoms with E-state index in [4.69, 9.17) is 4.52 Å². The first kappa shape index (κ1) is 9.51. The van der Waals surface area contributed by atoms with E-state index in [0.717, 1.165) is 29.6 Å². The van der Waals surface area contributed by atoms with Crippen molar-refractivity contribution >= 4 is 16.9 Å². The first-order chi connectivity index (χ1) is 7.66. The Bertz CT molecular complexity index is 582. The van der Waals surface area contributed by atoms with Crippen molar-refractivity contribution in [2.75, 3.05) is 0 Å². The number of hydrogen-bond acceptors (Lipinski definition) is 4. The number of Topliss-reactive ketones (excluding diaryl/α,β-unsaturated/α-hetero) is 1. The first-order valence-corrected chi connectivity index (χ1v) is 5.44. The molecule has 0 bridgehead atoms. The van der Waals surface area contributed by atoms with Gasteiger partial charge >= 0.3 is 0 Å². The predicted octanol–water partition coefficient (Wildman–Crippen LogP) is 2.61. The summed E-state index contributed by atoms with van der Waals surface area (Å²) in [5, 5.41) is 4.63. The summed E-state index contributed by atoms with van der Waals surface area (Å²) in [5.41, 5.74) is 2.88. The highest BCUT2D eigenvalue weighted by atomic mass is 16.5. The molecule has 0 aromatic carbocycles. The molecule has 1 saturated carbocycles. The lowest BCUT2D eigenvalue weighted by Crippen LogP contribution is -1.98. The number of carbonyl (C=O) groups is 1.